The van der Waals surface area contributed by atoms with Crippen LogP contribution in [0.15, 0.2) is 29.9 Å². The summed E-state index contributed by atoms with van der Waals surface area (Å²) in [5, 5.41) is 6.37. The zero-order valence-electron chi connectivity index (χ0n) is 8.58. The highest BCUT2D eigenvalue weighted by Gasteiger charge is 2.07. The number of fused-ring (bicyclic) bond motifs is 1. The van der Waals surface area contributed by atoms with Crippen LogP contribution in [0.3, 0.4) is 0 Å². The Morgan fingerprint density at radius 1 is 1.47 bits per heavy atom. The van der Waals surface area contributed by atoms with Crippen LogP contribution in [-0.4, -0.2) is 19.6 Å². The standard InChI is InChI=1S/C10H7ClN4OS/c11-8-4-9(15-10(14-8)12-6-13-15)16-5-7-2-1-3-17-7/h1-4,6H,5H2. The Hall–Kier alpha value is -1.66. The molecule has 7 heteroatoms. The number of hydrogen-bond acceptors (Lipinski definition) is 5. The molecule has 86 valence electrons. The van der Waals surface area contributed by atoms with Gasteiger partial charge in [-0.05, 0) is 11.4 Å². The van der Waals surface area contributed by atoms with E-state index in [1.807, 2.05) is 17.5 Å². The normalized spacial score (nSPS) is 10.9. The van der Waals surface area contributed by atoms with Gasteiger partial charge in [0.2, 0.25) is 5.88 Å². The van der Waals surface area contributed by atoms with E-state index >= 15 is 0 Å². The van der Waals surface area contributed by atoms with Crippen LogP contribution < -0.4 is 4.74 Å². The SMILES string of the molecule is Clc1cc(OCc2cccs2)n2ncnc2n1. The molecule has 0 saturated carbocycles. The van der Waals surface area contributed by atoms with Crippen LogP contribution in [0, 0.1) is 0 Å². The second-order valence-electron chi connectivity index (χ2n) is 3.26. The van der Waals surface area contributed by atoms with Crippen molar-refractivity contribution in [3.05, 3.63) is 39.9 Å². The molecule has 0 aliphatic heterocycles. The van der Waals surface area contributed by atoms with E-state index in [1.165, 1.54) is 10.8 Å². The molecule has 0 saturated heterocycles. The first-order valence-electron chi connectivity index (χ1n) is 4.84. The number of halogens is 1. The third-order valence-electron chi connectivity index (χ3n) is 2.13. The van der Waals surface area contributed by atoms with Crippen molar-refractivity contribution in [1.82, 2.24) is 19.6 Å². The van der Waals surface area contributed by atoms with Gasteiger partial charge in [-0.2, -0.15) is 19.6 Å². The van der Waals surface area contributed by atoms with Gasteiger partial charge in [0.1, 0.15) is 18.1 Å². The van der Waals surface area contributed by atoms with E-state index < -0.39 is 0 Å². The van der Waals surface area contributed by atoms with Gasteiger partial charge in [-0.3, -0.25) is 0 Å². The Morgan fingerprint density at radius 2 is 2.41 bits per heavy atom. The van der Waals surface area contributed by atoms with Crippen LogP contribution in [0.25, 0.3) is 5.78 Å². The van der Waals surface area contributed by atoms with Crippen molar-refractivity contribution in [2.75, 3.05) is 0 Å². The molecule has 0 atom stereocenters. The number of aromatic nitrogens is 4. The van der Waals surface area contributed by atoms with Crippen molar-refractivity contribution >= 4 is 28.7 Å². The zero-order valence-corrected chi connectivity index (χ0v) is 10.1. The van der Waals surface area contributed by atoms with Crippen molar-refractivity contribution in [1.29, 1.82) is 0 Å². The fourth-order valence-electron chi connectivity index (χ4n) is 1.40. The number of thiophene rings is 1. The average molecular weight is 267 g/mol. The highest BCUT2D eigenvalue weighted by atomic mass is 35.5. The molecule has 0 aliphatic carbocycles. The largest absolute Gasteiger partial charge is 0.472 e. The number of rotatable bonds is 3. The smallest absolute Gasteiger partial charge is 0.256 e. The first kappa shape index (κ1) is 10.5. The molecule has 0 aromatic carbocycles. The van der Waals surface area contributed by atoms with Crippen LogP contribution in [0.5, 0.6) is 5.88 Å². The van der Waals surface area contributed by atoms with Gasteiger partial charge in [-0.1, -0.05) is 17.7 Å². The van der Waals surface area contributed by atoms with Crippen LogP contribution >= 0.6 is 22.9 Å². The summed E-state index contributed by atoms with van der Waals surface area (Å²) in [4.78, 5) is 9.11. The monoisotopic (exact) mass is 266 g/mol. The Kier molecular flexibility index (Phi) is 2.66. The molecule has 0 aliphatic rings. The maximum absolute atomic E-state index is 5.87. The molecule has 17 heavy (non-hydrogen) atoms. The van der Waals surface area contributed by atoms with Crippen molar-refractivity contribution in [2.45, 2.75) is 6.61 Å². The lowest BCUT2D eigenvalue weighted by atomic mass is 10.5. The maximum Gasteiger partial charge on any atom is 0.256 e. The van der Waals surface area contributed by atoms with E-state index in [4.69, 9.17) is 16.3 Å². The van der Waals surface area contributed by atoms with Gasteiger partial charge in [-0.15, -0.1) is 11.3 Å². The first-order valence-corrected chi connectivity index (χ1v) is 6.10. The summed E-state index contributed by atoms with van der Waals surface area (Å²) in [5.41, 5.74) is 0. The number of ether oxygens (including phenoxy) is 1. The Morgan fingerprint density at radius 3 is 3.24 bits per heavy atom. The lowest BCUT2D eigenvalue weighted by molar-refractivity contribution is 0.288. The summed E-state index contributed by atoms with van der Waals surface area (Å²) in [7, 11) is 0. The summed E-state index contributed by atoms with van der Waals surface area (Å²) in [6.45, 7) is 0.479. The molecule has 0 amide bonds. The van der Waals surface area contributed by atoms with E-state index in [-0.39, 0.29) is 0 Å². The second kappa shape index (κ2) is 4.31. The van der Waals surface area contributed by atoms with Gasteiger partial charge in [0.15, 0.2) is 0 Å². The minimum absolute atomic E-state index is 0.340. The summed E-state index contributed by atoms with van der Waals surface area (Å²) < 4.78 is 7.16. The lowest BCUT2D eigenvalue weighted by Gasteiger charge is -2.05. The van der Waals surface area contributed by atoms with Crippen molar-refractivity contribution in [3.63, 3.8) is 0 Å². The summed E-state index contributed by atoms with van der Waals surface area (Å²) in [5.74, 6) is 0.963. The molecule has 0 N–H and O–H groups in total. The Labute approximate surface area is 106 Å². The van der Waals surface area contributed by atoms with Crippen molar-refractivity contribution in [2.24, 2.45) is 0 Å². The van der Waals surface area contributed by atoms with Gasteiger partial charge in [0.25, 0.3) is 5.78 Å². The predicted molar refractivity (Wildman–Crippen MR) is 64.4 cm³/mol. The molecule has 0 bridgehead atoms. The fraction of sp³-hybridized carbons (Fsp3) is 0.100. The molecule has 3 aromatic heterocycles. The quantitative estimate of drug-likeness (QED) is 0.683. The van der Waals surface area contributed by atoms with Gasteiger partial charge in [0, 0.05) is 10.9 Å². The molecule has 3 rings (SSSR count). The van der Waals surface area contributed by atoms with Crippen LogP contribution in [0.2, 0.25) is 5.15 Å². The van der Waals surface area contributed by atoms with Crippen LogP contribution in [0.4, 0.5) is 0 Å². The second-order valence-corrected chi connectivity index (χ2v) is 4.68. The Bertz CT molecular complexity index is 637. The van der Waals surface area contributed by atoms with E-state index in [1.54, 1.807) is 17.4 Å². The minimum Gasteiger partial charge on any atom is -0.472 e. The van der Waals surface area contributed by atoms with Gasteiger partial charge < -0.3 is 4.74 Å². The first-order chi connectivity index (χ1) is 8.33. The molecule has 0 spiro atoms. The molecule has 5 nitrogen and oxygen atoms in total. The average Bonchev–Trinajstić information content (AvgIpc) is 2.95. The van der Waals surface area contributed by atoms with Crippen molar-refractivity contribution < 1.29 is 4.74 Å². The molecule has 3 aromatic rings. The third-order valence-corrected chi connectivity index (χ3v) is 3.17. The fourth-order valence-corrected chi connectivity index (χ4v) is 2.19. The summed E-state index contributed by atoms with van der Waals surface area (Å²) in [6.07, 6.45) is 1.41. The van der Waals surface area contributed by atoms with Gasteiger partial charge in [0.05, 0.1) is 0 Å². The molecular weight excluding hydrogens is 260 g/mol. The Balaban J connectivity index is 1.91. The van der Waals surface area contributed by atoms with Crippen molar-refractivity contribution in [3.8, 4) is 5.88 Å². The molecular formula is C10H7ClN4OS. The maximum atomic E-state index is 5.87. The molecule has 0 fully saturated rings. The summed E-state index contributed by atoms with van der Waals surface area (Å²) in [6, 6.07) is 5.61. The van der Waals surface area contributed by atoms with E-state index in [0.29, 0.717) is 23.4 Å². The van der Waals surface area contributed by atoms with E-state index in [0.717, 1.165) is 4.88 Å². The van der Waals surface area contributed by atoms with Gasteiger partial charge in [-0.25, -0.2) is 0 Å². The summed E-state index contributed by atoms with van der Waals surface area (Å²) >= 11 is 7.51. The zero-order chi connectivity index (χ0) is 11.7. The molecule has 0 unspecified atom stereocenters. The van der Waals surface area contributed by atoms with E-state index in [2.05, 4.69) is 15.1 Å². The highest BCUT2D eigenvalue weighted by Crippen LogP contribution is 2.19. The minimum atomic E-state index is 0.340. The van der Waals surface area contributed by atoms with E-state index in [9.17, 15) is 0 Å². The third kappa shape index (κ3) is 2.09. The number of nitrogens with zero attached hydrogens (tertiary/aromatic N) is 4. The van der Waals surface area contributed by atoms with Crippen LogP contribution in [0.1, 0.15) is 4.88 Å². The number of hydrogen-bond donors (Lipinski definition) is 0. The van der Waals surface area contributed by atoms with Gasteiger partial charge >= 0.3 is 0 Å². The predicted octanol–water partition coefficient (Wildman–Crippen LogP) is 2.42. The van der Waals surface area contributed by atoms with Crippen LogP contribution in [-0.2, 0) is 6.61 Å². The molecule has 3 heterocycles. The molecule has 0 radical (unpaired) electrons. The lowest BCUT2D eigenvalue weighted by Crippen LogP contribution is -2.01. The topological polar surface area (TPSA) is 52.3 Å². The highest BCUT2D eigenvalue weighted by molar-refractivity contribution is 7.09.